The van der Waals surface area contributed by atoms with Crippen molar-refractivity contribution in [3.8, 4) is 0 Å². The van der Waals surface area contributed by atoms with Crippen LogP contribution in [0.25, 0.3) is 0 Å². The molecule has 0 aromatic carbocycles. The second-order valence-corrected chi connectivity index (χ2v) is 5.04. The minimum atomic E-state index is 0.0276. The molecule has 1 amide bonds. The number of hydrogen-bond donors (Lipinski definition) is 2. The van der Waals surface area contributed by atoms with Gasteiger partial charge in [-0.1, -0.05) is 6.92 Å². The molecule has 0 aromatic heterocycles. The van der Waals surface area contributed by atoms with Crippen LogP contribution in [-0.4, -0.2) is 36.4 Å². The maximum atomic E-state index is 11.7. The van der Waals surface area contributed by atoms with Crippen LogP contribution in [0.15, 0.2) is 0 Å². The lowest BCUT2D eigenvalue weighted by Crippen LogP contribution is -2.38. The zero-order valence-electron chi connectivity index (χ0n) is 10.9. The topological polar surface area (TPSA) is 58.6 Å². The SMILES string of the molecule is CC(CO)C(C)NC(=O)CCC1CCCCO1. The molecule has 2 N–H and O–H groups in total. The Morgan fingerprint density at radius 1 is 1.47 bits per heavy atom. The third-order valence-corrected chi connectivity index (χ3v) is 3.50. The zero-order chi connectivity index (χ0) is 12.7. The second kappa shape index (κ2) is 7.67. The van der Waals surface area contributed by atoms with Crippen molar-refractivity contribution in [1.82, 2.24) is 5.32 Å². The first-order valence-corrected chi connectivity index (χ1v) is 6.65. The van der Waals surface area contributed by atoms with Gasteiger partial charge >= 0.3 is 0 Å². The first-order chi connectivity index (χ1) is 8.13. The second-order valence-electron chi connectivity index (χ2n) is 5.04. The van der Waals surface area contributed by atoms with E-state index in [9.17, 15) is 4.79 Å². The van der Waals surface area contributed by atoms with E-state index in [2.05, 4.69) is 5.32 Å². The molecule has 4 heteroatoms. The minimum absolute atomic E-state index is 0.0276. The number of aliphatic hydroxyl groups excluding tert-OH is 1. The van der Waals surface area contributed by atoms with Crippen molar-refractivity contribution in [1.29, 1.82) is 0 Å². The lowest BCUT2D eigenvalue weighted by Gasteiger charge is -2.23. The summed E-state index contributed by atoms with van der Waals surface area (Å²) in [4.78, 5) is 11.7. The van der Waals surface area contributed by atoms with Crippen LogP contribution < -0.4 is 5.32 Å². The third-order valence-electron chi connectivity index (χ3n) is 3.50. The van der Waals surface area contributed by atoms with Crippen molar-refractivity contribution in [3.05, 3.63) is 0 Å². The fourth-order valence-corrected chi connectivity index (χ4v) is 1.95. The van der Waals surface area contributed by atoms with Crippen molar-refractivity contribution in [2.45, 2.75) is 58.1 Å². The number of carbonyl (C=O) groups is 1. The zero-order valence-corrected chi connectivity index (χ0v) is 10.9. The largest absolute Gasteiger partial charge is 0.396 e. The Morgan fingerprint density at radius 2 is 2.24 bits per heavy atom. The summed E-state index contributed by atoms with van der Waals surface area (Å²) in [6.07, 6.45) is 5.03. The van der Waals surface area contributed by atoms with Gasteiger partial charge in [-0.25, -0.2) is 0 Å². The Morgan fingerprint density at radius 3 is 2.82 bits per heavy atom. The highest BCUT2D eigenvalue weighted by Gasteiger charge is 2.17. The fraction of sp³-hybridized carbons (Fsp3) is 0.923. The van der Waals surface area contributed by atoms with Crippen molar-refractivity contribution in [2.75, 3.05) is 13.2 Å². The number of carbonyl (C=O) groups excluding carboxylic acids is 1. The molecule has 1 aliphatic heterocycles. The van der Waals surface area contributed by atoms with E-state index in [-0.39, 0.29) is 30.6 Å². The van der Waals surface area contributed by atoms with Crippen LogP contribution in [0.3, 0.4) is 0 Å². The summed E-state index contributed by atoms with van der Waals surface area (Å²) in [6.45, 7) is 4.79. The van der Waals surface area contributed by atoms with Crippen LogP contribution in [0, 0.1) is 5.92 Å². The van der Waals surface area contributed by atoms with Gasteiger partial charge in [0.05, 0.1) is 6.10 Å². The van der Waals surface area contributed by atoms with Gasteiger partial charge in [0.2, 0.25) is 5.91 Å². The molecule has 0 radical (unpaired) electrons. The fourth-order valence-electron chi connectivity index (χ4n) is 1.95. The van der Waals surface area contributed by atoms with E-state index < -0.39 is 0 Å². The molecular formula is C13H25NO3. The standard InChI is InChI=1S/C13H25NO3/c1-10(9-15)11(2)14-13(16)7-6-12-5-3-4-8-17-12/h10-12,15H,3-9H2,1-2H3,(H,14,16). The molecule has 1 saturated heterocycles. The van der Waals surface area contributed by atoms with E-state index in [1.54, 1.807) is 0 Å². The average Bonchev–Trinajstić information content (AvgIpc) is 2.36. The van der Waals surface area contributed by atoms with Crippen molar-refractivity contribution in [2.24, 2.45) is 5.92 Å². The van der Waals surface area contributed by atoms with Gasteiger partial charge in [0.1, 0.15) is 0 Å². The molecule has 4 nitrogen and oxygen atoms in total. The number of aliphatic hydroxyl groups is 1. The predicted octanol–water partition coefficient (Wildman–Crippen LogP) is 1.47. The van der Waals surface area contributed by atoms with E-state index in [1.165, 1.54) is 6.42 Å². The molecule has 17 heavy (non-hydrogen) atoms. The Hall–Kier alpha value is -0.610. The molecule has 0 spiro atoms. The van der Waals surface area contributed by atoms with Gasteiger partial charge in [-0.05, 0) is 38.5 Å². The molecule has 0 saturated carbocycles. The van der Waals surface area contributed by atoms with Gasteiger partial charge in [0, 0.05) is 25.7 Å². The molecule has 1 fully saturated rings. The smallest absolute Gasteiger partial charge is 0.220 e. The highest BCUT2D eigenvalue weighted by atomic mass is 16.5. The van der Waals surface area contributed by atoms with Gasteiger partial charge < -0.3 is 15.2 Å². The van der Waals surface area contributed by atoms with Crippen LogP contribution in [0.5, 0.6) is 0 Å². The summed E-state index contributed by atoms with van der Waals surface area (Å²) in [5.74, 6) is 0.164. The summed E-state index contributed by atoms with van der Waals surface area (Å²) in [6, 6.07) is 0.0276. The van der Waals surface area contributed by atoms with Gasteiger partial charge in [-0.15, -0.1) is 0 Å². The van der Waals surface area contributed by atoms with Gasteiger partial charge in [0.15, 0.2) is 0 Å². The molecule has 0 aliphatic carbocycles. The highest BCUT2D eigenvalue weighted by Crippen LogP contribution is 2.16. The summed E-state index contributed by atoms with van der Waals surface area (Å²) in [5.41, 5.74) is 0. The molecule has 0 bridgehead atoms. The van der Waals surface area contributed by atoms with Crippen LogP contribution in [-0.2, 0) is 9.53 Å². The Balaban J connectivity index is 2.15. The van der Waals surface area contributed by atoms with Crippen LogP contribution in [0.4, 0.5) is 0 Å². The minimum Gasteiger partial charge on any atom is -0.396 e. The lowest BCUT2D eigenvalue weighted by molar-refractivity contribution is -0.123. The summed E-state index contributed by atoms with van der Waals surface area (Å²) in [5, 5.41) is 11.9. The van der Waals surface area contributed by atoms with E-state index >= 15 is 0 Å². The highest BCUT2D eigenvalue weighted by molar-refractivity contribution is 5.76. The molecule has 1 rings (SSSR count). The van der Waals surface area contributed by atoms with Crippen LogP contribution >= 0.6 is 0 Å². The monoisotopic (exact) mass is 243 g/mol. The van der Waals surface area contributed by atoms with Gasteiger partial charge in [-0.2, -0.15) is 0 Å². The van der Waals surface area contributed by atoms with E-state index in [0.29, 0.717) is 6.42 Å². The van der Waals surface area contributed by atoms with Crippen LogP contribution in [0.1, 0.15) is 46.0 Å². The van der Waals surface area contributed by atoms with Crippen molar-refractivity contribution < 1.29 is 14.6 Å². The average molecular weight is 243 g/mol. The number of amides is 1. The molecule has 1 aliphatic rings. The van der Waals surface area contributed by atoms with Crippen LogP contribution in [0.2, 0.25) is 0 Å². The van der Waals surface area contributed by atoms with Crippen molar-refractivity contribution in [3.63, 3.8) is 0 Å². The molecule has 100 valence electrons. The quantitative estimate of drug-likeness (QED) is 0.742. The van der Waals surface area contributed by atoms with E-state index in [1.807, 2.05) is 13.8 Å². The molecular weight excluding hydrogens is 218 g/mol. The Labute approximate surface area is 104 Å². The van der Waals surface area contributed by atoms with E-state index in [0.717, 1.165) is 25.9 Å². The summed E-state index contributed by atoms with van der Waals surface area (Å²) >= 11 is 0. The lowest BCUT2D eigenvalue weighted by atomic mass is 10.0. The number of nitrogens with one attached hydrogen (secondary N) is 1. The third kappa shape index (κ3) is 5.50. The van der Waals surface area contributed by atoms with E-state index in [4.69, 9.17) is 9.84 Å². The maximum Gasteiger partial charge on any atom is 0.220 e. The molecule has 1 heterocycles. The van der Waals surface area contributed by atoms with Gasteiger partial charge in [0.25, 0.3) is 0 Å². The Kier molecular flexibility index (Phi) is 6.52. The molecule has 3 unspecified atom stereocenters. The molecule has 3 atom stereocenters. The number of ether oxygens (including phenoxy) is 1. The Bertz CT molecular complexity index is 227. The first kappa shape index (κ1) is 14.5. The molecule has 0 aromatic rings. The predicted molar refractivity (Wildman–Crippen MR) is 66.7 cm³/mol. The first-order valence-electron chi connectivity index (χ1n) is 6.65. The number of hydrogen-bond acceptors (Lipinski definition) is 3. The van der Waals surface area contributed by atoms with Gasteiger partial charge in [-0.3, -0.25) is 4.79 Å². The summed E-state index contributed by atoms with van der Waals surface area (Å²) in [7, 11) is 0. The maximum absolute atomic E-state index is 11.7. The normalized spacial score (nSPS) is 24.1. The van der Waals surface area contributed by atoms with Crippen molar-refractivity contribution >= 4 is 5.91 Å². The number of rotatable bonds is 6. The summed E-state index contributed by atoms with van der Waals surface area (Å²) < 4.78 is 5.58.